The number of rotatable bonds is 11. The molecule has 286 valence electrons. The maximum Gasteiger partial charge on any atom is 0.272 e. The molecule has 0 bridgehead atoms. The van der Waals surface area contributed by atoms with Gasteiger partial charge in [-0.25, -0.2) is 19.8 Å². The Morgan fingerprint density at radius 1 is 0.569 bits per heavy atom. The average molecular weight is 877 g/mol. The van der Waals surface area contributed by atoms with Crippen molar-refractivity contribution in [2.45, 2.75) is 12.8 Å². The summed E-state index contributed by atoms with van der Waals surface area (Å²) < 4.78 is 0.736. The van der Waals surface area contributed by atoms with Crippen LogP contribution >= 0.6 is 70.6 Å². The molecule has 4 aromatic carbocycles. The molecule has 58 heavy (non-hydrogen) atoms. The maximum atomic E-state index is 13.3. The van der Waals surface area contributed by atoms with Crippen LogP contribution < -0.4 is 9.80 Å². The predicted molar refractivity (Wildman–Crippen MR) is 240 cm³/mol. The molecule has 0 N–H and O–H groups in total. The zero-order chi connectivity index (χ0) is 40.5. The molecule has 2 aliphatic rings. The first-order valence-electron chi connectivity index (χ1n) is 17.2. The number of aryl methyl sites for hydroxylation is 2. The van der Waals surface area contributed by atoms with Crippen LogP contribution in [0.2, 0.25) is 0 Å². The standard InChI is InChI=1S/C40H24N6O6S6/c47-35-33(19-25-7-15-29(16-8-25)45(49)50)57-39(53)43(35)37-41-31(21-55-37)27-11-3-23(4-12-27)1-2-24-5-13-28(14-6-24)32-22-56-38(42-32)44-36(48)34(58-40(44)54)20-26-9-17-30(18-10-26)46(51)52/h3-22H,1-2H2/b33-19+,34-20+. The number of carbonyl (C=O) groups is 2. The number of thioether (sulfide) groups is 2. The highest BCUT2D eigenvalue weighted by atomic mass is 32.2. The van der Waals surface area contributed by atoms with Crippen LogP contribution in [0.3, 0.4) is 0 Å². The van der Waals surface area contributed by atoms with Crippen molar-refractivity contribution in [1.29, 1.82) is 0 Å². The molecule has 0 aliphatic carbocycles. The van der Waals surface area contributed by atoms with Crippen molar-refractivity contribution in [3.63, 3.8) is 0 Å². The summed E-state index contributed by atoms with van der Waals surface area (Å²) in [6.45, 7) is 0. The van der Waals surface area contributed by atoms with Crippen molar-refractivity contribution in [2.24, 2.45) is 0 Å². The second kappa shape index (κ2) is 16.6. The van der Waals surface area contributed by atoms with Crippen LogP contribution in [-0.2, 0) is 22.4 Å². The van der Waals surface area contributed by atoms with E-state index in [1.807, 2.05) is 35.0 Å². The summed E-state index contributed by atoms with van der Waals surface area (Å²) in [6.07, 6.45) is 4.98. The number of nitro benzene ring substituents is 2. The summed E-state index contributed by atoms with van der Waals surface area (Å²) in [5.74, 6) is -0.578. The van der Waals surface area contributed by atoms with Gasteiger partial charge in [-0.05, 0) is 71.5 Å². The van der Waals surface area contributed by atoms with Crippen LogP contribution in [0.4, 0.5) is 21.6 Å². The number of amides is 2. The van der Waals surface area contributed by atoms with E-state index >= 15 is 0 Å². The van der Waals surface area contributed by atoms with Gasteiger partial charge in [-0.15, -0.1) is 22.7 Å². The Balaban J connectivity index is 0.863. The highest BCUT2D eigenvalue weighted by molar-refractivity contribution is 8.27. The average Bonchev–Trinajstić information content (AvgIpc) is 4.01. The molecule has 0 atom stereocenters. The minimum atomic E-state index is -0.471. The van der Waals surface area contributed by atoms with Crippen LogP contribution in [0.5, 0.6) is 0 Å². The number of anilines is 2. The van der Waals surface area contributed by atoms with Gasteiger partial charge in [0.05, 0.1) is 31.0 Å². The van der Waals surface area contributed by atoms with Crippen molar-refractivity contribution >= 4 is 125 Å². The zero-order valence-electron chi connectivity index (χ0n) is 29.5. The van der Waals surface area contributed by atoms with E-state index in [2.05, 4.69) is 24.3 Å². The molecule has 2 amide bonds. The first-order chi connectivity index (χ1) is 28.0. The Labute approximate surface area is 357 Å². The number of hydrogen-bond acceptors (Lipinski definition) is 14. The number of hydrogen-bond donors (Lipinski definition) is 0. The van der Waals surface area contributed by atoms with E-state index in [1.54, 1.807) is 36.4 Å². The van der Waals surface area contributed by atoms with E-state index in [9.17, 15) is 29.8 Å². The Bertz CT molecular complexity index is 2520. The number of benzene rings is 4. The third-order valence-electron chi connectivity index (χ3n) is 8.96. The molecule has 2 saturated heterocycles. The second-order valence-electron chi connectivity index (χ2n) is 12.7. The molecular weight excluding hydrogens is 853 g/mol. The van der Waals surface area contributed by atoms with Gasteiger partial charge in [0.25, 0.3) is 23.2 Å². The van der Waals surface area contributed by atoms with E-state index < -0.39 is 9.85 Å². The first-order valence-corrected chi connectivity index (χ1v) is 21.4. The maximum absolute atomic E-state index is 13.3. The van der Waals surface area contributed by atoms with Gasteiger partial charge in [0.1, 0.15) is 0 Å². The summed E-state index contributed by atoms with van der Waals surface area (Å²) >= 11 is 16.0. The van der Waals surface area contributed by atoms with Gasteiger partial charge >= 0.3 is 0 Å². The second-order valence-corrected chi connectivity index (χ2v) is 17.7. The minimum absolute atomic E-state index is 0.0256. The summed E-state index contributed by atoms with van der Waals surface area (Å²) in [5.41, 5.74) is 6.87. The molecule has 12 nitrogen and oxygen atoms in total. The monoisotopic (exact) mass is 876 g/mol. The number of carbonyl (C=O) groups excluding carboxylic acids is 2. The van der Waals surface area contributed by atoms with Gasteiger partial charge in [0.15, 0.2) is 18.9 Å². The third kappa shape index (κ3) is 8.29. The normalized spacial score (nSPS) is 15.7. The zero-order valence-corrected chi connectivity index (χ0v) is 34.4. The molecule has 2 aliphatic heterocycles. The van der Waals surface area contributed by atoms with E-state index in [0.29, 0.717) is 39.8 Å². The minimum Gasteiger partial charge on any atom is -0.268 e. The van der Waals surface area contributed by atoms with Crippen molar-refractivity contribution < 1.29 is 19.4 Å². The number of thiocarbonyl (C=S) groups is 2. The van der Waals surface area contributed by atoms with Crippen molar-refractivity contribution in [3.8, 4) is 22.5 Å². The van der Waals surface area contributed by atoms with Crippen LogP contribution in [0.25, 0.3) is 34.7 Å². The fourth-order valence-corrected chi connectivity index (χ4v) is 10.4. The number of nitrogens with zero attached hydrogens (tertiary/aromatic N) is 6. The van der Waals surface area contributed by atoms with E-state index in [0.717, 1.165) is 46.5 Å². The van der Waals surface area contributed by atoms with Gasteiger partial charge in [0.2, 0.25) is 0 Å². The van der Waals surface area contributed by atoms with Crippen molar-refractivity contribution in [2.75, 3.05) is 9.80 Å². The third-order valence-corrected chi connectivity index (χ3v) is 13.2. The van der Waals surface area contributed by atoms with Crippen molar-refractivity contribution in [3.05, 3.63) is 160 Å². The molecule has 2 fully saturated rings. The molecule has 8 rings (SSSR count). The quantitative estimate of drug-likeness (QED) is 0.0527. The van der Waals surface area contributed by atoms with E-state index in [4.69, 9.17) is 34.4 Å². The van der Waals surface area contributed by atoms with Crippen LogP contribution in [0.15, 0.2) is 118 Å². The van der Waals surface area contributed by atoms with E-state index in [-0.39, 0.29) is 23.2 Å². The fraction of sp³-hybridized carbons (Fsp3) is 0.0500. The Morgan fingerprint density at radius 3 is 1.28 bits per heavy atom. The smallest absolute Gasteiger partial charge is 0.268 e. The molecule has 0 radical (unpaired) electrons. The largest absolute Gasteiger partial charge is 0.272 e. The van der Waals surface area contributed by atoms with Crippen molar-refractivity contribution in [1.82, 2.24) is 9.97 Å². The topological polar surface area (TPSA) is 153 Å². The lowest BCUT2D eigenvalue weighted by atomic mass is 10.0. The van der Waals surface area contributed by atoms with Gasteiger partial charge in [-0.2, -0.15) is 0 Å². The molecule has 0 saturated carbocycles. The lowest BCUT2D eigenvalue weighted by Crippen LogP contribution is -2.27. The van der Waals surface area contributed by atoms with Gasteiger partial charge < -0.3 is 0 Å². The van der Waals surface area contributed by atoms with Gasteiger partial charge in [-0.3, -0.25) is 29.8 Å². The molecule has 0 spiro atoms. The highest BCUT2D eigenvalue weighted by Crippen LogP contribution is 2.40. The molecule has 6 aromatic rings. The Morgan fingerprint density at radius 2 is 0.931 bits per heavy atom. The Kier molecular flexibility index (Phi) is 11.2. The summed E-state index contributed by atoms with van der Waals surface area (Å²) in [6, 6.07) is 28.3. The molecule has 18 heteroatoms. The lowest BCUT2D eigenvalue weighted by molar-refractivity contribution is -0.385. The van der Waals surface area contributed by atoms with Crippen LogP contribution in [0.1, 0.15) is 22.3 Å². The van der Waals surface area contributed by atoms with Crippen LogP contribution in [-0.4, -0.2) is 40.3 Å². The highest BCUT2D eigenvalue weighted by Gasteiger charge is 2.36. The SMILES string of the molecule is O=C1/C(=C\c2ccc([N+](=O)[O-])cc2)SC(=S)N1c1nc(-c2ccc(CCc3ccc(-c4csc(N5C(=O)/C(=C\c6ccc([N+](=O)[O-])cc6)SC5=S)n4)cc3)cc2)cs1. The van der Waals surface area contributed by atoms with Crippen LogP contribution in [0, 0.1) is 20.2 Å². The summed E-state index contributed by atoms with van der Waals surface area (Å²) in [7, 11) is 0. The lowest BCUT2D eigenvalue weighted by Gasteiger charge is -2.09. The number of thiazole rings is 2. The van der Waals surface area contributed by atoms with Gasteiger partial charge in [-0.1, -0.05) is 96.5 Å². The molecule has 0 unspecified atom stereocenters. The Hall–Kier alpha value is -5.76. The molecule has 4 heterocycles. The predicted octanol–water partition coefficient (Wildman–Crippen LogP) is 10.3. The number of aromatic nitrogens is 2. The molecular formula is C40H24N6O6S6. The first kappa shape index (κ1) is 39.1. The summed E-state index contributed by atoms with van der Waals surface area (Å²) in [5, 5.41) is 26.7. The van der Waals surface area contributed by atoms with Gasteiger partial charge in [0, 0.05) is 46.2 Å². The fourth-order valence-electron chi connectivity index (χ4n) is 5.92. The summed E-state index contributed by atoms with van der Waals surface area (Å²) in [4.78, 5) is 60.7. The number of nitro groups is 2. The van der Waals surface area contributed by atoms with E-state index in [1.165, 1.54) is 80.3 Å². The molecule has 2 aromatic heterocycles. The number of non-ortho nitro benzene ring substituents is 2.